The fraction of sp³-hybridized carbons (Fsp3) is 0.667. The topological polar surface area (TPSA) is 98.7 Å². The molecule has 0 bridgehead atoms. The predicted octanol–water partition coefficient (Wildman–Crippen LogP) is -2.31. The number of aliphatic hydroxyl groups excluding tert-OH is 1. The highest BCUT2D eigenvalue weighted by Crippen LogP contribution is 1.84. The molecule has 0 unspecified atom stereocenters. The van der Waals surface area contributed by atoms with Crippen LogP contribution in [0.1, 0.15) is 6.42 Å². The molecule has 0 saturated heterocycles. The Bertz CT molecular complexity index is 245. The normalized spacial score (nSPS) is 9.38. The fourth-order valence-electron chi connectivity index (χ4n) is 0.952. The molecule has 0 heterocycles. The molecule has 0 radical (unpaired) electrons. The average Bonchev–Trinajstić information content (AvgIpc) is 2.27. The van der Waals surface area contributed by atoms with Gasteiger partial charge in [-0.3, -0.25) is 14.4 Å². The summed E-state index contributed by atoms with van der Waals surface area (Å²) in [7, 11) is 1.44. The molecular weight excluding hydrogens is 214 g/mol. The number of likely N-dealkylation sites (N-methyl/N-ethyl adjacent to an activating group) is 1. The molecule has 7 heteroatoms. The monoisotopic (exact) mass is 231 g/mol. The number of nitrogens with one attached hydrogen (secondary N) is 2. The third-order valence-corrected chi connectivity index (χ3v) is 1.84. The number of carbonyl (C=O) groups is 3. The van der Waals surface area contributed by atoms with Crippen LogP contribution in [-0.4, -0.2) is 61.5 Å². The van der Waals surface area contributed by atoms with Crippen molar-refractivity contribution in [3.8, 4) is 0 Å². The van der Waals surface area contributed by atoms with Crippen molar-refractivity contribution >= 4 is 18.2 Å². The first-order valence-electron chi connectivity index (χ1n) is 4.94. The van der Waals surface area contributed by atoms with Gasteiger partial charge in [0.05, 0.1) is 6.61 Å². The zero-order chi connectivity index (χ0) is 12.4. The van der Waals surface area contributed by atoms with Gasteiger partial charge >= 0.3 is 11.8 Å². The molecule has 0 atom stereocenters. The van der Waals surface area contributed by atoms with E-state index in [4.69, 9.17) is 5.11 Å². The fourth-order valence-corrected chi connectivity index (χ4v) is 0.952. The van der Waals surface area contributed by atoms with Gasteiger partial charge in [-0.25, -0.2) is 0 Å². The van der Waals surface area contributed by atoms with Crippen LogP contribution in [0.3, 0.4) is 0 Å². The van der Waals surface area contributed by atoms with Crippen molar-refractivity contribution in [2.75, 3.05) is 33.3 Å². The lowest BCUT2D eigenvalue weighted by Gasteiger charge is -2.14. The lowest BCUT2D eigenvalue weighted by molar-refractivity contribution is -0.145. The first-order chi connectivity index (χ1) is 7.63. The number of aliphatic hydroxyl groups is 1. The van der Waals surface area contributed by atoms with Crippen LogP contribution in [0.15, 0.2) is 0 Å². The molecule has 0 aliphatic rings. The summed E-state index contributed by atoms with van der Waals surface area (Å²) >= 11 is 0. The molecular formula is C9H17N3O4. The molecule has 0 spiro atoms. The molecule has 0 aromatic rings. The predicted molar refractivity (Wildman–Crippen MR) is 56.4 cm³/mol. The van der Waals surface area contributed by atoms with Gasteiger partial charge in [-0.05, 0) is 6.42 Å². The first kappa shape index (κ1) is 14.4. The van der Waals surface area contributed by atoms with Gasteiger partial charge in [0, 0.05) is 26.7 Å². The van der Waals surface area contributed by atoms with E-state index in [1.165, 1.54) is 7.05 Å². The van der Waals surface area contributed by atoms with Crippen LogP contribution >= 0.6 is 0 Å². The molecule has 0 aromatic heterocycles. The maximum absolute atomic E-state index is 11.3. The van der Waals surface area contributed by atoms with E-state index < -0.39 is 11.8 Å². The van der Waals surface area contributed by atoms with Crippen molar-refractivity contribution in [2.24, 2.45) is 0 Å². The minimum absolute atomic E-state index is 0.124. The zero-order valence-electron chi connectivity index (χ0n) is 9.23. The summed E-state index contributed by atoms with van der Waals surface area (Å²) in [6.45, 7) is 0.709. The Labute approximate surface area is 93.8 Å². The van der Waals surface area contributed by atoms with Crippen LogP contribution in [0.25, 0.3) is 0 Å². The Morgan fingerprint density at radius 3 is 2.62 bits per heavy atom. The highest BCUT2D eigenvalue weighted by molar-refractivity contribution is 6.34. The van der Waals surface area contributed by atoms with Crippen molar-refractivity contribution in [2.45, 2.75) is 6.42 Å². The maximum atomic E-state index is 11.3. The smallest absolute Gasteiger partial charge is 0.311 e. The van der Waals surface area contributed by atoms with Gasteiger partial charge in [0.1, 0.15) is 0 Å². The number of hydrogen-bond acceptors (Lipinski definition) is 4. The highest BCUT2D eigenvalue weighted by atomic mass is 16.3. The van der Waals surface area contributed by atoms with Gasteiger partial charge < -0.3 is 20.6 Å². The number of carbonyl (C=O) groups excluding carboxylic acids is 3. The van der Waals surface area contributed by atoms with Crippen molar-refractivity contribution in [3.63, 3.8) is 0 Å². The van der Waals surface area contributed by atoms with Crippen molar-refractivity contribution in [3.05, 3.63) is 0 Å². The van der Waals surface area contributed by atoms with Gasteiger partial charge in [0.15, 0.2) is 0 Å². The lowest BCUT2D eigenvalue weighted by Crippen LogP contribution is -2.42. The first-order valence-corrected chi connectivity index (χ1v) is 4.94. The van der Waals surface area contributed by atoms with Crippen molar-refractivity contribution in [1.29, 1.82) is 0 Å². The SMILES string of the molecule is CN(CCO)C(=O)C(=O)NCCCNC=O. The number of amides is 3. The second-order valence-electron chi connectivity index (χ2n) is 3.13. The van der Waals surface area contributed by atoms with E-state index in [0.29, 0.717) is 25.9 Å². The van der Waals surface area contributed by atoms with Gasteiger partial charge in [-0.15, -0.1) is 0 Å². The van der Waals surface area contributed by atoms with Gasteiger partial charge in [-0.1, -0.05) is 0 Å². The van der Waals surface area contributed by atoms with E-state index in [1.807, 2.05) is 0 Å². The Morgan fingerprint density at radius 2 is 2.06 bits per heavy atom. The molecule has 3 amide bonds. The van der Waals surface area contributed by atoms with Crippen molar-refractivity contribution < 1.29 is 19.5 Å². The number of hydrogen-bond donors (Lipinski definition) is 3. The molecule has 7 nitrogen and oxygen atoms in total. The molecule has 16 heavy (non-hydrogen) atoms. The minimum Gasteiger partial charge on any atom is -0.395 e. The van der Waals surface area contributed by atoms with E-state index in [0.717, 1.165) is 4.90 Å². The Kier molecular flexibility index (Phi) is 7.78. The van der Waals surface area contributed by atoms with Crippen molar-refractivity contribution in [1.82, 2.24) is 15.5 Å². The second-order valence-corrected chi connectivity index (χ2v) is 3.13. The zero-order valence-corrected chi connectivity index (χ0v) is 9.23. The van der Waals surface area contributed by atoms with E-state index in [9.17, 15) is 14.4 Å². The molecule has 3 N–H and O–H groups in total. The summed E-state index contributed by atoms with van der Waals surface area (Å²) in [5.41, 5.74) is 0. The van der Waals surface area contributed by atoms with Crippen LogP contribution < -0.4 is 10.6 Å². The minimum atomic E-state index is -0.706. The van der Waals surface area contributed by atoms with E-state index >= 15 is 0 Å². The molecule has 0 aromatic carbocycles. The van der Waals surface area contributed by atoms with Crippen LogP contribution in [-0.2, 0) is 14.4 Å². The Morgan fingerprint density at radius 1 is 1.38 bits per heavy atom. The quantitative estimate of drug-likeness (QED) is 0.260. The summed E-state index contributed by atoms with van der Waals surface area (Å²) in [4.78, 5) is 33.5. The van der Waals surface area contributed by atoms with Crippen LogP contribution in [0.2, 0.25) is 0 Å². The average molecular weight is 231 g/mol. The molecule has 0 rings (SSSR count). The summed E-state index contributed by atoms with van der Waals surface area (Å²) in [6.07, 6.45) is 1.13. The summed E-state index contributed by atoms with van der Waals surface area (Å²) in [6, 6.07) is 0. The van der Waals surface area contributed by atoms with E-state index in [-0.39, 0.29) is 13.2 Å². The third-order valence-electron chi connectivity index (χ3n) is 1.84. The summed E-state index contributed by atoms with van der Waals surface area (Å²) in [5.74, 6) is -1.39. The Hall–Kier alpha value is -1.63. The highest BCUT2D eigenvalue weighted by Gasteiger charge is 2.16. The van der Waals surface area contributed by atoms with Gasteiger partial charge in [0.2, 0.25) is 6.41 Å². The third kappa shape index (κ3) is 5.97. The maximum Gasteiger partial charge on any atom is 0.311 e. The van der Waals surface area contributed by atoms with Gasteiger partial charge in [-0.2, -0.15) is 0 Å². The van der Waals surface area contributed by atoms with Crippen LogP contribution in [0.5, 0.6) is 0 Å². The van der Waals surface area contributed by atoms with E-state index in [1.54, 1.807) is 0 Å². The molecule has 0 aliphatic carbocycles. The summed E-state index contributed by atoms with van der Waals surface area (Å²) in [5, 5.41) is 13.4. The molecule has 0 fully saturated rings. The van der Waals surface area contributed by atoms with E-state index in [2.05, 4.69) is 10.6 Å². The number of nitrogens with zero attached hydrogens (tertiary/aromatic N) is 1. The standard InChI is InChI=1S/C9H17N3O4/c1-12(5-6-13)9(16)8(15)11-4-2-3-10-7-14/h7,13H,2-6H2,1H3,(H,10,14)(H,11,15). The Balaban J connectivity index is 3.71. The summed E-state index contributed by atoms with van der Waals surface area (Å²) < 4.78 is 0. The van der Waals surface area contributed by atoms with Gasteiger partial charge in [0.25, 0.3) is 0 Å². The largest absolute Gasteiger partial charge is 0.395 e. The molecule has 0 aliphatic heterocycles. The molecule has 92 valence electrons. The van der Waals surface area contributed by atoms with Crippen LogP contribution in [0, 0.1) is 0 Å². The van der Waals surface area contributed by atoms with Crippen LogP contribution in [0.4, 0.5) is 0 Å². The molecule has 0 saturated carbocycles. The lowest BCUT2D eigenvalue weighted by atomic mass is 10.4. The second kappa shape index (κ2) is 8.66. The number of rotatable bonds is 7.